The fourth-order valence-corrected chi connectivity index (χ4v) is 2.15. The van der Waals surface area contributed by atoms with E-state index in [9.17, 15) is 0 Å². The van der Waals surface area contributed by atoms with E-state index in [4.69, 9.17) is 16.3 Å². The molecule has 0 spiro atoms. The second-order valence-electron chi connectivity index (χ2n) is 4.27. The molecule has 0 saturated carbocycles. The lowest BCUT2D eigenvalue weighted by Crippen LogP contribution is -2.13. The molecular weight excluding hydrogens is 258 g/mol. The van der Waals surface area contributed by atoms with Gasteiger partial charge in [-0.15, -0.1) is 0 Å². The fraction of sp³-hybridized carbons (Fsp3) is 0.250. The summed E-state index contributed by atoms with van der Waals surface area (Å²) < 4.78 is 5.60. The van der Waals surface area contributed by atoms with E-state index in [1.165, 1.54) is 11.1 Å². The van der Waals surface area contributed by atoms with E-state index < -0.39 is 0 Å². The summed E-state index contributed by atoms with van der Waals surface area (Å²) in [5, 5.41) is 4.18. The highest BCUT2D eigenvalue weighted by Crippen LogP contribution is 2.18. The quantitative estimate of drug-likeness (QED) is 0.859. The van der Waals surface area contributed by atoms with E-state index in [0.29, 0.717) is 6.61 Å². The first-order valence-electron chi connectivity index (χ1n) is 6.45. The minimum absolute atomic E-state index is 0.686. The van der Waals surface area contributed by atoms with Crippen molar-refractivity contribution in [1.82, 2.24) is 5.32 Å². The van der Waals surface area contributed by atoms with Crippen molar-refractivity contribution < 1.29 is 4.74 Å². The Morgan fingerprint density at radius 3 is 2.68 bits per heavy atom. The molecule has 0 aliphatic carbocycles. The van der Waals surface area contributed by atoms with Gasteiger partial charge in [-0.25, -0.2) is 0 Å². The van der Waals surface area contributed by atoms with Gasteiger partial charge in [0.2, 0.25) is 0 Å². The van der Waals surface area contributed by atoms with E-state index >= 15 is 0 Å². The maximum atomic E-state index is 5.96. The Labute approximate surface area is 119 Å². The molecule has 0 heterocycles. The Hall–Kier alpha value is -1.51. The number of benzene rings is 2. The van der Waals surface area contributed by atoms with Gasteiger partial charge >= 0.3 is 0 Å². The molecular formula is C16H18ClNO. The predicted molar refractivity (Wildman–Crippen MR) is 79.6 cm³/mol. The molecule has 0 fully saturated rings. The van der Waals surface area contributed by atoms with Crippen LogP contribution in [0.5, 0.6) is 5.75 Å². The van der Waals surface area contributed by atoms with E-state index in [0.717, 1.165) is 23.9 Å². The Balaban J connectivity index is 1.92. The van der Waals surface area contributed by atoms with Crippen LogP contribution < -0.4 is 10.1 Å². The molecule has 2 rings (SSSR count). The third-order valence-electron chi connectivity index (χ3n) is 2.81. The Morgan fingerprint density at radius 1 is 1.05 bits per heavy atom. The lowest BCUT2D eigenvalue weighted by atomic mass is 10.2. The Bertz CT molecular complexity index is 528. The summed E-state index contributed by atoms with van der Waals surface area (Å²) in [5.74, 6) is 0.948. The third-order valence-corrected chi connectivity index (χ3v) is 3.04. The van der Waals surface area contributed by atoms with Gasteiger partial charge < -0.3 is 10.1 Å². The second kappa shape index (κ2) is 7.17. The zero-order valence-electron chi connectivity index (χ0n) is 11.0. The SMILES string of the molecule is CCOc1ccccc1CNCc1cccc(Cl)c1. The fourth-order valence-electron chi connectivity index (χ4n) is 1.93. The van der Waals surface area contributed by atoms with E-state index in [1.807, 2.05) is 43.3 Å². The maximum absolute atomic E-state index is 5.96. The average molecular weight is 276 g/mol. The molecule has 0 aliphatic rings. The summed E-state index contributed by atoms with van der Waals surface area (Å²) in [6, 6.07) is 16.0. The van der Waals surface area contributed by atoms with Gasteiger partial charge in [-0.3, -0.25) is 0 Å². The summed E-state index contributed by atoms with van der Waals surface area (Å²) in [6.45, 7) is 4.26. The minimum atomic E-state index is 0.686. The van der Waals surface area contributed by atoms with Gasteiger partial charge in [-0.2, -0.15) is 0 Å². The van der Waals surface area contributed by atoms with Gasteiger partial charge in [-0.05, 0) is 30.7 Å². The van der Waals surface area contributed by atoms with E-state index in [2.05, 4.69) is 17.4 Å². The first kappa shape index (κ1) is 13.9. The summed E-state index contributed by atoms with van der Waals surface area (Å²) in [5.41, 5.74) is 2.35. The van der Waals surface area contributed by atoms with Crippen molar-refractivity contribution in [2.75, 3.05) is 6.61 Å². The van der Waals surface area contributed by atoms with Crippen LogP contribution >= 0.6 is 11.6 Å². The largest absolute Gasteiger partial charge is 0.494 e. The molecule has 0 saturated heterocycles. The lowest BCUT2D eigenvalue weighted by molar-refractivity contribution is 0.335. The zero-order valence-corrected chi connectivity index (χ0v) is 11.8. The number of rotatable bonds is 6. The van der Waals surface area contributed by atoms with Gasteiger partial charge in [0.1, 0.15) is 5.75 Å². The molecule has 2 nitrogen and oxygen atoms in total. The zero-order chi connectivity index (χ0) is 13.5. The number of ether oxygens (including phenoxy) is 1. The van der Waals surface area contributed by atoms with Crippen molar-refractivity contribution in [3.8, 4) is 5.75 Å². The van der Waals surface area contributed by atoms with Crippen LogP contribution in [0, 0.1) is 0 Å². The minimum Gasteiger partial charge on any atom is -0.494 e. The van der Waals surface area contributed by atoms with Crippen LogP contribution in [0.4, 0.5) is 0 Å². The van der Waals surface area contributed by atoms with Crippen LogP contribution in [-0.2, 0) is 13.1 Å². The number of para-hydroxylation sites is 1. The number of halogens is 1. The molecule has 100 valence electrons. The van der Waals surface area contributed by atoms with Gasteiger partial charge in [-0.1, -0.05) is 41.9 Å². The smallest absolute Gasteiger partial charge is 0.123 e. The first-order chi connectivity index (χ1) is 9.29. The van der Waals surface area contributed by atoms with Crippen LogP contribution in [0.1, 0.15) is 18.1 Å². The predicted octanol–water partition coefficient (Wildman–Crippen LogP) is 4.03. The highest BCUT2D eigenvalue weighted by molar-refractivity contribution is 6.30. The molecule has 2 aromatic carbocycles. The number of hydrogen-bond donors (Lipinski definition) is 1. The van der Waals surface area contributed by atoms with Crippen molar-refractivity contribution in [3.63, 3.8) is 0 Å². The molecule has 0 unspecified atom stereocenters. The van der Waals surface area contributed by atoms with Crippen molar-refractivity contribution in [2.45, 2.75) is 20.0 Å². The molecule has 0 atom stereocenters. The highest BCUT2D eigenvalue weighted by Gasteiger charge is 2.02. The van der Waals surface area contributed by atoms with Crippen LogP contribution in [0.3, 0.4) is 0 Å². The van der Waals surface area contributed by atoms with E-state index in [1.54, 1.807) is 0 Å². The lowest BCUT2D eigenvalue weighted by Gasteiger charge is -2.11. The summed E-state index contributed by atoms with van der Waals surface area (Å²) in [7, 11) is 0. The number of nitrogens with one attached hydrogen (secondary N) is 1. The normalized spacial score (nSPS) is 10.4. The van der Waals surface area contributed by atoms with Crippen molar-refractivity contribution in [1.29, 1.82) is 0 Å². The molecule has 2 aromatic rings. The molecule has 0 aliphatic heterocycles. The monoisotopic (exact) mass is 275 g/mol. The van der Waals surface area contributed by atoms with Gasteiger partial charge in [0, 0.05) is 23.7 Å². The van der Waals surface area contributed by atoms with Crippen molar-refractivity contribution >= 4 is 11.6 Å². The van der Waals surface area contributed by atoms with Gasteiger partial charge in [0.15, 0.2) is 0 Å². The first-order valence-corrected chi connectivity index (χ1v) is 6.83. The summed E-state index contributed by atoms with van der Waals surface area (Å²) in [4.78, 5) is 0. The third kappa shape index (κ3) is 4.27. The van der Waals surface area contributed by atoms with Gasteiger partial charge in [0.25, 0.3) is 0 Å². The van der Waals surface area contributed by atoms with Crippen LogP contribution in [0.25, 0.3) is 0 Å². The van der Waals surface area contributed by atoms with Crippen LogP contribution in [0.2, 0.25) is 5.02 Å². The molecule has 0 bridgehead atoms. The van der Waals surface area contributed by atoms with E-state index in [-0.39, 0.29) is 0 Å². The second-order valence-corrected chi connectivity index (χ2v) is 4.71. The topological polar surface area (TPSA) is 21.3 Å². The molecule has 0 aromatic heterocycles. The molecule has 0 amide bonds. The molecule has 0 radical (unpaired) electrons. The van der Waals surface area contributed by atoms with Crippen molar-refractivity contribution in [3.05, 3.63) is 64.7 Å². The van der Waals surface area contributed by atoms with Crippen LogP contribution in [-0.4, -0.2) is 6.61 Å². The maximum Gasteiger partial charge on any atom is 0.123 e. The molecule has 3 heteroatoms. The molecule has 1 N–H and O–H groups in total. The number of hydrogen-bond acceptors (Lipinski definition) is 2. The average Bonchev–Trinajstić information content (AvgIpc) is 2.41. The Morgan fingerprint density at radius 2 is 1.89 bits per heavy atom. The summed E-state index contributed by atoms with van der Waals surface area (Å²) >= 11 is 5.96. The Kier molecular flexibility index (Phi) is 5.25. The van der Waals surface area contributed by atoms with Gasteiger partial charge in [0.05, 0.1) is 6.61 Å². The van der Waals surface area contributed by atoms with Crippen molar-refractivity contribution in [2.24, 2.45) is 0 Å². The highest BCUT2D eigenvalue weighted by atomic mass is 35.5. The standard InChI is InChI=1S/C16H18ClNO/c1-2-19-16-9-4-3-7-14(16)12-18-11-13-6-5-8-15(17)10-13/h3-10,18H,2,11-12H2,1H3. The molecule has 19 heavy (non-hydrogen) atoms. The van der Waals surface area contributed by atoms with Crippen LogP contribution in [0.15, 0.2) is 48.5 Å². The summed E-state index contributed by atoms with van der Waals surface area (Å²) in [6.07, 6.45) is 0.